The maximum absolute atomic E-state index is 13.2. The summed E-state index contributed by atoms with van der Waals surface area (Å²) in [6.45, 7) is 3.04. The molecule has 9 heteroatoms. The predicted molar refractivity (Wildman–Crippen MR) is 150 cm³/mol. The van der Waals surface area contributed by atoms with Crippen molar-refractivity contribution in [1.29, 1.82) is 0 Å². The molecule has 0 unspecified atom stereocenters. The minimum atomic E-state index is -3.38. The number of fused-ring (bicyclic) bond motifs is 7. The van der Waals surface area contributed by atoms with Crippen LogP contribution in [0, 0.1) is 0 Å². The number of aromatic nitrogens is 2. The van der Waals surface area contributed by atoms with Gasteiger partial charge in [0, 0.05) is 6.54 Å². The third-order valence-electron chi connectivity index (χ3n) is 8.75. The smallest absolute Gasteiger partial charge is 0.282 e. The molecule has 1 aliphatic carbocycles. The summed E-state index contributed by atoms with van der Waals surface area (Å²) in [6, 6.07) is 12.6. The van der Waals surface area contributed by atoms with Gasteiger partial charge in [0.15, 0.2) is 0 Å². The molecule has 2 fully saturated rings. The van der Waals surface area contributed by atoms with Crippen LogP contribution in [0.3, 0.4) is 0 Å². The maximum Gasteiger partial charge on any atom is 0.282 e. The molecule has 1 spiro atoms. The summed E-state index contributed by atoms with van der Waals surface area (Å²) >= 11 is 6.51. The summed E-state index contributed by atoms with van der Waals surface area (Å²) in [6.07, 6.45) is 9.43. The van der Waals surface area contributed by atoms with Gasteiger partial charge < -0.3 is 4.90 Å². The molecule has 7 nitrogen and oxygen atoms in total. The number of nitrogens with zero attached hydrogens (tertiary/aromatic N) is 3. The van der Waals surface area contributed by atoms with Crippen molar-refractivity contribution < 1.29 is 12.6 Å². The SMILES string of the molecule is CS(=O)(=O)OCCCN1CCC(c2ccc3c(c2)-n2c(nc(=O)c4c(Cl)cccc42)C32CCCCC2)CC1. The van der Waals surface area contributed by atoms with Gasteiger partial charge in [-0.3, -0.25) is 13.5 Å². The Morgan fingerprint density at radius 3 is 2.61 bits per heavy atom. The lowest BCUT2D eigenvalue weighted by Crippen LogP contribution is -2.34. The van der Waals surface area contributed by atoms with Crippen LogP contribution in [-0.2, 0) is 19.7 Å². The van der Waals surface area contributed by atoms with E-state index in [0.29, 0.717) is 22.7 Å². The average Bonchev–Trinajstić information content (AvgIpc) is 3.15. The van der Waals surface area contributed by atoms with Gasteiger partial charge in [-0.15, -0.1) is 0 Å². The van der Waals surface area contributed by atoms with Crippen molar-refractivity contribution in [1.82, 2.24) is 14.5 Å². The Morgan fingerprint density at radius 1 is 1.11 bits per heavy atom. The van der Waals surface area contributed by atoms with E-state index in [1.54, 1.807) is 6.07 Å². The predicted octanol–water partition coefficient (Wildman–Crippen LogP) is 5.15. The first-order valence-electron chi connectivity index (χ1n) is 13.7. The van der Waals surface area contributed by atoms with Gasteiger partial charge in [-0.05, 0) is 80.4 Å². The standard InChI is InChI=1S/C29H34ClN3O4S/c1-38(35,36)37-18-6-15-32-16-11-20(12-17-32)21-9-10-22-25(19-21)33-24-8-5-7-23(30)26(24)27(34)31-28(33)29(22)13-3-2-4-14-29/h5,7-10,19-20H,2-4,6,11-18H2,1H3. The van der Waals surface area contributed by atoms with Crippen LogP contribution in [0.5, 0.6) is 0 Å². The second kappa shape index (κ2) is 10.0. The van der Waals surface area contributed by atoms with E-state index in [1.807, 2.05) is 12.1 Å². The second-order valence-electron chi connectivity index (χ2n) is 11.1. The third kappa shape index (κ3) is 4.59. The maximum atomic E-state index is 13.2. The summed E-state index contributed by atoms with van der Waals surface area (Å²) < 4.78 is 29.5. The molecular formula is C29H34ClN3O4S. The Kier molecular flexibility index (Phi) is 6.87. The quantitative estimate of drug-likeness (QED) is 0.309. The zero-order chi connectivity index (χ0) is 26.5. The van der Waals surface area contributed by atoms with E-state index in [-0.39, 0.29) is 17.6 Å². The fourth-order valence-electron chi connectivity index (χ4n) is 6.94. The molecular weight excluding hydrogens is 522 g/mol. The van der Waals surface area contributed by atoms with Crippen LogP contribution >= 0.6 is 11.6 Å². The lowest BCUT2D eigenvalue weighted by Gasteiger charge is -2.34. The molecule has 1 saturated carbocycles. The molecule has 3 heterocycles. The first kappa shape index (κ1) is 26.0. The largest absolute Gasteiger partial charge is 0.303 e. The van der Waals surface area contributed by atoms with E-state index in [9.17, 15) is 13.2 Å². The van der Waals surface area contributed by atoms with Gasteiger partial charge >= 0.3 is 0 Å². The molecule has 38 heavy (non-hydrogen) atoms. The molecule has 0 atom stereocenters. The van der Waals surface area contributed by atoms with E-state index in [2.05, 4.69) is 27.7 Å². The van der Waals surface area contributed by atoms with Gasteiger partial charge in [-0.2, -0.15) is 13.4 Å². The van der Waals surface area contributed by atoms with Gasteiger partial charge in [0.05, 0.1) is 39.9 Å². The number of hydrogen-bond donors (Lipinski definition) is 0. The van der Waals surface area contributed by atoms with Crippen molar-refractivity contribution >= 4 is 32.6 Å². The Labute approximate surface area is 228 Å². The lowest BCUT2D eigenvalue weighted by atomic mass is 9.69. The van der Waals surface area contributed by atoms with Crippen molar-refractivity contribution in [3.63, 3.8) is 0 Å². The van der Waals surface area contributed by atoms with Crippen LogP contribution in [0.1, 0.15) is 74.2 Å². The highest BCUT2D eigenvalue weighted by Gasteiger charge is 2.46. The molecule has 1 aromatic heterocycles. The molecule has 2 aliphatic heterocycles. The Balaban J connectivity index is 1.30. The molecule has 1 saturated heterocycles. The van der Waals surface area contributed by atoms with E-state index in [4.69, 9.17) is 20.8 Å². The molecule has 2 aromatic carbocycles. The zero-order valence-corrected chi connectivity index (χ0v) is 23.4. The lowest BCUT2D eigenvalue weighted by molar-refractivity contribution is 0.194. The van der Waals surface area contributed by atoms with Crippen LogP contribution in [0.4, 0.5) is 0 Å². The van der Waals surface area contributed by atoms with Crippen molar-refractivity contribution in [2.45, 2.75) is 62.7 Å². The minimum Gasteiger partial charge on any atom is -0.303 e. The molecule has 3 aromatic rings. The topological polar surface area (TPSA) is 81.5 Å². The third-order valence-corrected chi connectivity index (χ3v) is 9.66. The summed E-state index contributed by atoms with van der Waals surface area (Å²) in [5.41, 5.74) is 4.18. The van der Waals surface area contributed by atoms with E-state index < -0.39 is 10.1 Å². The van der Waals surface area contributed by atoms with Crippen LogP contribution in [-0.4, -0.2) is 55.4 Å². The first-order chi connectivity index (χ1) is 18.3. The minimum absolute atomic E-state index is 0.209. The monoisotopic (exact) mass is 555 g/mol. The molecule has 0 N–H and O–H groups in total. The number of hydrogen-bond acceptors (Lipinski definition) is 6. The number of benzene rings is 2. The second-order valence-corrected chi connectivity index (χ2v) is 13.2. The van der Waals surface area contributed by atoms with Crippen molar-refractivity contribution in [2.75, 3.05) is 32.5 Å². The zero-order valence-electron chi connectivity index (χ0n) is 21.8. The van der Waals surface area contributed by atoms with Gasteiger partial charge in [0.25, 0.3) is 15.7 Å². The fraction of sp³-hybridized carbons (Fsp3) is 0.517. The van der Waals surface area contributed by atoms with Gasteiger partial charge in [0.1, 0.15) is 5.82 Å². The van der Waals surface area contributed by atoms with Crippen molar-refractivity contribution in [2.24, 2.45) is 0 Å². The van der Waals surface area contributed by atoms with Crippen LogP contribution in [0.25, 0.3) is 16.6 Å². The number of rotatable bonds is 6. The molecule has 3 aliphatic rings. The van der Waals surface area contributed by atoms with Crippen LogP contribution < -0.4 is 5.56 Å². The Morgan fingerprint density at radius 2 is 1.87 bits per heavy atom. The molecule has 6 rings (SSSR count). The normalized spacial score (nSPS) is 19.6. The number of halogens is 1. The van der Waals surface area contributed by atoms with Gasteiger partial charge in [0.2, 0.25) is 0 Å². The highest BCUT2D eigenvalue weighted by atomic mass is 35.5. The van der Waals surface area contributed by atoms with E-state index >= 15 is 0 Å². The summed E-state index contributed by atoms with van der Waals surface area (Å²) in [5.74, 6) is 1.34. The van der Waals surface area contributed by atoms with Gasteiger partial charge in [-0.1, -0.05) is 49.1 Å². The fourth-order valence-corrected chi connectivity index (χ4v) is 7.61. The summed E-state index contributed by atoms with van der Waals surface area (Å²) in [7, 11) is -3.38. The van der Waals surface area contributed by atoms with E-state index in [0.717, 1.165) is 81.4 Å². The molecule has 0 bridgehead atoms. The molecule has 0 radical (unpaired) electrons. The van der Waals surface area contributed by atoms with E-state index in [1.165, 1.54) is 17.5 Å². The summed E-state index contributed by atoms with van der Waals surface area (Å²) in [4.78, 5) is 20.3. The first-order valence-corrected chi connectivity index (χ1v) is 15.9. The van der Waals surface area contributed by atoms with Crippen molar-refractivity contribution in [3.05, 3.63) is 68.7 Å². The number of piperidine rings is 1. The van der Waals surface area contributed by atoms with Crippen molar-refractivity contribution in [3.8, 4) is 5.69 Å². The van der Waals surface area contributed by atoms with Crippen LogP contribution in [0.2, 0.25) is 5.02 Å². The highest BCUT2D eigenvalue weighted by Crippen LogP contribution is 2.52. The summed E-state index contributed by atoms with van der Waals surface area (Å²) in [5, 5.41) is 0.946. The van der Waals surface area contributed by atoms with Gasteiger partial charge in [-0.25, -0.2) is 0 Å². The average molecular weight is 556 g/mol. The Hall–Kier alpha value is -2.26. The van der Waals surface area contributed by atoms with Crippen LogP contribution in [0.15, 0.2) is 41.2 Å². The molecule has 0 amide bonds. The number of likely N-dealkylation sites (tertiary alicyclic amines) is 1. The Bertz CT molecular complexity index is 1540. The molecule has 202 valence electrons. The highest BCUT2D eigenvalue weighted by molar-refractivity contribution is 7.85.